The third-order valence-electron chi connectivity index (χ3n) is 6.56. The lowest BCUT2D eigenvalue weighted by atomic mass is 9.97. The van der Waals surface area contributed by atoms with Crippen LogP contribution >= 0.6 is 0 Å². The number of nitrogens with zero attached hydrogens (tertiary/aromatic N) is 3. The van der Waals surface area contributed by atoms with Crippen LogP contribution < -0.4 is 10.1 Å². The number of anilines is 1. The number of hydrogen-bond acceptors (Lipinski definition) is 5. The number of nitriles is 1. The summed E-state index contributed by atoms with van der Waals surface area (Å²) < 4.78 is 19.9. The number of carbonyl (C=O) groups is 1. The third kappa shape index (κ3) is 3.70. The van der Waals surface area contributed by atoms with Crippen molar-refractivity contribution in [2.75, 3.05) is 5.32 Å². The molecule has 0 bridgehead atoms. The summed E-state index contributed by atoms with van der Waals surface area (Å²) in [7, 11) is 0. The Kier molecular flexibility index (Phi) is 4.78. The fourth-order valence-corrected chi connectivity index (χ4v) is 5.00. The number of rotatable bonds is 5. The Morgan fingerprint density at radius 2 is 2.03 bits per heavy atom. The van der Waals surface area contributed by atoms with Gasteiger partial charge in [-0.2, -0.15) is 5.26 Å². The zero-order chi connectivity index (χ0) is 21.5. The number of amides is 1. The molecule has 0 aliphatic heterocycles. The summed E-state index contributed by atoms with van der Waals surface area (Å²) >= 11 is 0. The molecule has 0 spiro atoms. The smallest absolute Gasteiger partial charge is 0.228 e. The predicted molar refractivity (Wildman–Crippen MR) is 113 cm³/mol. The average Bonchev–Trinajstić information content (AvgIpc) is 3.28. The molecule has 2 aliphatic carbocycles. The van der Waals surface area contributed by atoms with Crippen molar-refractivity contribution in [3.05, 3.63) is 60.2 Å². The minimum atomic E-state index is -0.309. The number of pyridine rings is 2. The highest BCUT2D eigenvalue weighted by atomic mass is 19.1. The molecule has 2 aromatic heterocycles. The standard InChI is InChI=1S/C24H21FN4O2/c1-13(24(30)29-22-5-2-14(11-26)12-28-22)23-17-9-16(10-18(17)23)31-21-6-7-27-20-4-3-15(25)8-19(20)21/h2-8,12-13,16-18,23H,9-10H2,1H3,(H,28,29,30). The third-order valence-corrected chi connectivity index (χ3v) is 6.56. The van der Waals surface area contributed by atoms with E-state index in [0.29, 0.717) is 45.8 Å². The van der Waals surface area contributed by atoms with Gasteiger partial charge in [-0.05, 0) is 67.0 Å². The molecule has 0 saturated heterocycles. The highest BCUT2D eigenvalue weighted by molar-refractivity contribution is 5.92. The summed E-state index contributed by atoms with van der Waals surface area (Å²) in [4.78, 5) is 21.0. The zero-order valence-electron chi connectivity index (χ0n) is 17.0. The average molecular weight is 416 g/mol. The van der Waals surface area contributed by atoms with Gasteiger partial charge in [0.05, 0.1) is 17.2 Å². The van der Waals surface area contributed by atoms with E-state index in [1.165, 1.54) is 18.3 Å². The van der Waals surface area contributed by atoms with Crippen molar-refractivity contribution >= 4 is 22.6 Å². The van der Waals surface area contributed by atoms with Crippen LogP contribution in [-0.2, 0) is 4.79 Å². The summed E-state index contributed by atoms with van der Waals surface area (Å²) in [6.45, 7) is 1.96. The number of halogens is 1. The number of aromatic nitrogens is 2. The van der Waals surface area contributed by atoms with Gasteiger partial charge in [-0.15, -0.1) is 0 Å². The molecule has 0 radical (unpaired) electrons. The SMILES string of the molecule is CC(C(=O)Nc1ccc(C#N)cn1)C1C2CC(Oc3ccnc4ccc(F)cc34)CC21. The van der Waals surface area contributed by atoms with Crippen LogP contribution in [0.5, 0.6) is 5.75 Å². The second-order valence-corrected chi connectivity index (χ2v) is 8.41. The van der Waals surface area contributed by atoms with E-state index < -0.39 is 0 Å². The van der Waals surface area contributed by atoms with Gasteiger partial charge < -0.3 is 10.1 Å². The summed E-state index contributed by atoms with van der Waals surface area (Å²) in [5.41, 5.74) is 1.17. The van der Waals surface area contributed by atoms with Gasteiger partial charge in [-0.1, -0.05) is 6.92 Å². The fourth-order valence-electron chi connectivity index (χ4n) is 5.00. The topological polar surface area (TPSA) is 87.9 Å². The van der Waals surface area contributed by atoms with Crippen molar-refractivity contribution < 1.29 is 13.9 Å². The van der Waals surface area contributed by atoms with Crippen LogP contribution in [-0.4, -0.2) is 22.0 Å². The van der Waals surface area contributed by atoms with Crippen LogP contribution in [0.25, 0.3) is 10.9 Å². The quantitative estimate of drug-likeness (QED) is 0.669. The van der Waals surface area contributed by atoms with Crippen molar-refractivity contribution in [2.45, 2.75) is 25.9 Å². The molecule has 2 fully saturated rings. The van der Waals surface area contributed by atoms with Crippen LogP contribution in [0.1, 0.15) is 25.3 Å². The first kappa shape index (κ1) is 19.4. The van der Waals surface area contributed by atoms with Crippen molar-refractivity contribution in [1.82, 2.24) is 9.97 Å². The van der Waals surface area contributed by atoms with Crippen LogP contribution in [0, 0.1) is 40.8 Å². The molecule has 2 aliphatic rings. The number of fused-ring (bicyclic) bond motifs is 2. The molecule has 3 aromatic rings. The van der Waals surface area contributed by atoms with Gasteiger partial charge in [0.15, 0.2) is 0 Å². The van der Waals surface area contributed by atoms with E-state index in [-0.39, 0.29) is 23.7 Å². The Labute approximate surface area is 179 Å². The lowest BCUT2D eigenvalue weighted by Crippen LogP contribution is -2.26. The van der Waals surface area contributed by atoms with E-state index in [9.17, 15) is 9.18 Å². The van der Waals surface area contributed by atoms with Crippen molar-refractivity contribution in [3.8, 4) is 11.8 Å². The largest absolute Gasteiger partial charge is 0.490 e. The molecule has 6 nitrogen and oxygen atoms in total. The van der Waals surface area contributed by atoms with Crippen molar-refractivity contribution in [1.29, 1.82) is 5.26 Å². The molecule has 156 valence electrons. The molecule has 1 amide bonds. The molecular formula is C24H21FN4O2. The predicted octanol–water partition coefficient (Wildman–Crippen LogP) is 4.32. The lowest BCUT2D eigenvalue weighted by molar-refractivity contribution is -0.120. The van der Waals surface area contributed by atoms with E-state index in [0.717, 1.165) is 12.8 Å². The lowest BCUT2D eigenvalue weighted by Gasteiger charge is -2.20. The minimum Gasteiger partial charge on any atom is -0.490 e. The molecular weight excluding hydrogens is 395 g/mol. The Balaban J connectivity index is 1.19. The second-order valence-electron chi connectivity index (χ2n) is 8.41. The molecule has 1 N–H and O–H groups in total. The maximum absolute atomic E-state index is 13.7. The zero-order valence-corrected chi connectivity index (χ0v) is 17.0. The van der Waals surface area contributed by atoms with Crippen molar-refractivity contribution in [2.24, 2.45) is 23.7 Å². The highest BCUT2D eigenvalue weighted by Gasteiger charge is 2.59. The molecule has 5 rings (SSSR count). The first-order chi connectivity index (χ1) is 15.0. The summed E-state index contributed by atoms with van der Waals surface area (Å²) in [6, 6.07) is 11.6. The fraction of sp³-hybridized carbons (Fsp3) is 0.333. The number of ether oxygens (including phenoxy) is 1. The summed E-state index contributed by atoms with van der Waals surface area (Å²) in [5, 5.41) is 12.4. The summed E-state index contributed by atoms with van der Waals surface area (Å²) in [6.07, 6.45) is 4.97. The normalized spacial score (nSPS) is 24.8. The van der Waals surface area contributed by atoms with E-state index in [2.05, 4.69) is 15.3 Å². The number of hydrogen-bond donors (Lipinski definition) is 1. The molecule has 3 unspecified atom stereocenters. The number of carbonyl (C=O) groups excluding carboxylic acids is 1. The van der Waals surface area contributed by atoms with Gasteiger partial charge in [0.2, 0.25) is 5.91 Å². The molecule has 2 heterocycles. The Morgan fingerprint density at radius 3 is 2.74 bits per heavy atom. The number of benzene rings is 1. The molecule has 1 aromatic carbocycles. The van der Waals surface area contributed by atoms with Gasteiger partial charge in [0.25, 0.3) is 0 Å². The van der Waals surface area contributed by atoms with Gasteiger partial charge >= 0.3 is 0 Å². The van der Waals surface area contributed by atoms with Crippen molar-refractivity contribution in [3.63, 3.8) is 0 Å². The second kappa shape index (κ2) is 7.62. The molecule has 31 heavy (non-hydrogen) atoms. The van der Waals surface area contributed by atoms with Crippen LogP contribution in [0.15, 0.2) is 48.8 Å². The minimum absolute atomic E-state index is 0.0512. The van der Waals surface area contributed by atoms with E-state index in [1.54, 1.807) is 30.5 Å². The van der Waals surface area contributed by atoms with Crippen LogP contribution in [0.3, 0.4) is 0 Å². The first-order valence-electron chi connectivity index (χ1n) is 10.4. The highest BCUT2D eigenvalue weighted by Crippen LogP contribution is 2.61. The van der Waals surface area contributed by atoms with Gasteiger partial charge in [0, 0.05) is 23.7 Å². The maximum Gasteiger partial charge on any atom is 0.228 e. The molecule has 3 atom stereocenters. The van der Waals surface area contributed by atoms with E-state index in [4.69, 9.17) is 10.00 Å². The molecule has 7 heteroatoms. The number of nitrogens with one attached hydrogen (secondary N) is 1. The summed E-state index contributed by atoms with van der Waals surface area (Å²) in [5.74, 6) is 1.90. The maximum atomic E-state index is 13.7. The Hall–Kier alpha value is -3.53. The monoisotopic (exact) mass is 416 g/mol. The van der Waals surface area contributed by atoms with Crippen LogP contribution in [0.2, 0.25) is 0 Å². The van der Waals surface area contributed by atoms with Gasteiger partial charge in [-0.3, -0.25) is 9.78 Å². The van der Waals surface area contributed by atoms with E-state index >= 15 is 0 Å². The van der Waals surface area contributed by atoms with Crippen LogP contribution in [0.4, 0.5) is 10.2 Å². The first-order valence-corrected chi connectivity index (χ1v) is 10.4. The van der Waals surface area contributed by atoms with Gasteiger partial charge in [-0.25, -0.2) is 9.37 Å². The van der Waals surface area contributed by atoms with Gasteiger partial charge in [0.1, 0.15) is 23.5 Å². The van der Waals surface area contributed by atoms with E-state index in [1.807, 2.05) is 13.0 Å². The Bertz CT molecular complexity index is 1180. The molecule has 2 saturated carbocycles. The Morgan fingerprint density at radius 1 is 1.23 bits per heavy atom.